The Morgan fingerprint density at radius 2 is 1.74 bits per heavy atom. The van der Waals surface area contributed by atoms with Gasteiger partial charge in [-0.3, -0.25) is 4.90 Å². The lowest BCUT2D eigenvalue weighted by Gasteiger charge is -2.31. The maximum Gasteiger partial charge on any atom is 0.119 e. The summed E-state index contributed by atoms with van der Waals surface area (Å²) in [7, 11) is 0. The number of benzene rings is 1. The SMILES string of the molecule is CCCCCCOc1cccc(C(CN)N(CCC)CCC)c1. The molecule has 2 N–H and O–H groups in total. The van der Waals surface area contributed by atoms with Gasteiger partial charge in [0.05, 0.1) is 6.61 Å². The van der Waals surface area contributed by atoms with Gasteiger partial charge >= 0.3 is 0 Å². The summed E-state index contributed by atoms with van der Waals surface area (Å²) in [6.45, 7) is 10.3. The third-order valence-corrected chi connectivity index (χ3v) is 4.20. The first-order valence-electron chi connectivity index (χ1n) is 9.43. The second-order valence-electron chi connectivity index (χ2n) is 6.27. The Kier molecular flexibility index (Phi) is 10.8. The maximum atomic E-state index is 6.09. The molecule has 0 fully saturated rings. The first-order valence-corrected chi connectivity index (χ1v) is 9.43. The summed E-state index contributed by atoms with van der Waals surface area (Å²) in [4.78, 5) is 2.50. The lowest BCUT2D eigenvalue weighted by atomic mass is 10.0. The van der Waals surface area contributed by atoms with Crippen molar-refractivity contribution in [2.75, 3.05) is 26.2 Å². The molecule has 1 aromatic carbocycles. The van der Waals surface area contributed by atoms with Crippen molar-refractivity contribution < 1.29 is 4.74 Å². The zero-order chi connectivity index (χ0) is 16.9. The van der Waals surface area contributed by atoms with Crippen molar-refractivity contribution in [1.82, 2.24) is 4.90 Å². The van der Waals surface area contributed by atoms with Crippen LogP contribution >= 0.6 is 0 Å². The minimum Gasteiger partial charge on any atom is -0.494 e. The quantitative estimate of drug-likeness (QED) is 0.532. The summed E-state index contributed by atoms with van der Waals surface area (Å²) < 4.78 is 5.93. The van der Waals surface area contributed by atoms with Gasteiger partial charge in [0.25, 0.3) is 0 Å². The Labute approximate surface area is 143 Å². The summed E-state index contributed by atoms with van der Waals surface area (Å²) in [5, 5.41) is 0. The predicted molar refractivity (Wildman–Crippen MR) is 100 cm³/mol. The van der Waals surface area contributed by atoms with Crippen LogP contribution in [-0.2, 0) is 0 Å². The van der Waals surface area contributed by atoms with Crippen molar-refractivity contribution in [3.63, 3.8) is 0 Å². The molecule has 0 bridgehead atoms. The first-order chi connectivity index (χ1) is 11.3. The Hall–Kier alpha value is -1.06. The van der Waals surface area contributed by atoms with E-state index in [4.69, 9.17) is 10.5 Å². The Balaban J connectivity index is 2.67. The Morgan fingerprint density at radius 1 is 1.00 bits per heavy atom. The number of unbranched alkanes of at least 4 members (excludes halogenated alkanes) is 3. The molecule has 1 aromatic rings. The van der Waals surface area contributed by atoms with E-state index in [9.17, 15) is 0 Å². The van der Waals surface area contributed by atoms with Crippen LogP contribution < -0.4 is 10.5 Å². The minimum absolute atomic E-state index is 0.290. The molecule has 0 saturated heterocycles. The third kappa shape index (κ3) is 7.36. The van der Waals surface area contributed by atoms with Gasteiger partial charge in [0.15, 0.2) is 0 Å². The van der Waals surface area contributed by atoms with E-state index in [2.05, 4.69) is 49.9 Å². The number of ether oxygens (including phenoxy) is 1. The number of hydrogen-bond acceptors (Lipinski definition) is 3. The fourth-order valence-electron chi connectivity index (χ4n) is 3.02. The molecule has 0 saturated carbocycles. The molecular weight excluding hydrogens is 284 g/mol. The van der Waals surface area contributed by atoms with Crippen LogP contribution in [0.15, 0.2) is 24.3 Å². The maximum absolute atomic E-state index is 6.09. The molecule has 3 heteroatoms. The van der Waals surface area contributed by atoms with Gasteiger partial charge in [-0.1, -0.05) is 52.2 Å². The van der Waals surface area contributed by atoms with E-state index in [1.807, 2.05) is 0 Å². The highest BCUT2D eigenvalue weighted by Gasteiger charge is 2.18. The molecule has 3 nitrogen and oxygen atoms in total. The van der Waals surface area contributed by atoms with E-state index in [0.717, 1.165) is 44.7 Å². The van der Waals surface area contributed by atoms with Gasteiger partial charge in [0.2, 0.25) is 0 Å². The van der Waals surface area contributed by atoms with E-state index in [-0.39, 0.29) is 0 Å². The molecular formula is C20H36N2O. The number of nitrogens with zero attached hydrogens (tertiary/aromatic N) is 1. The van der Waals surface area contributed by atoms with Gasteiger partial charge < -0.3 is 10.5 Å². The summed E-state index contributed by atoms with van der Waals surface area (Å²) in [5.74, 6) is 0.977. The van der Waals surface area contributed by atoms with Crippen molar-refractivity contribution in [3.05, 3.63) is 29.8 Å². The third-order valence-electron chi connectivity index (χ3n) is 4.20. The van der Waals surface area contributed by atoms with Crippen LogP contribution in [0.2, 0.25) is 0 Å². The van der Waals surface area contributed by atoms with Gasteiger partial charge in [-0.2, -0.15) is 0 Å². The molecule has 23 heavy (non-hydrogen) atoms. The van der Waals surface area contributed by atoms with E-state index < -0.39 is 0 Å². The average molecular weight is 321 g/mol. The van der Waals surface area contributed by atoms with Crippen LogP contribution in [0.1, 0.15) is 70.9 Å². The molecule has 1 rings (SSSR count). The van der Waals surface area contributed by atoms with E-state index >= 15 is 0 Å². The lowest BCUT2D eigenvalue weighted by molar-refractivity contribution is 0.201. The monoisotopic (exact) mass is 320 g/mol. The second kappa shape index (κ2) is 12.4. The fourth-order valence-corrected chi connectivity index (χ4v) is 3.02. The molecule has 0 aliphatic rings. The van der Waals surface area contributed by atoms with E-state index in [1.165, 1.54) is 24.8 Å². The summed E-state index contributed by atoms with van der Waals surface area (Å²) in [6, 6.07) is 8.80. The Morgan fingerprint density at radius 3 is 2.35 bits per heavy atom. The molecule has 132 valence electrons. The lowest BCUT2D eigenvalue weighted by Crippen LogP contribution is -2.35. The number of hydrogen-bond donors (Lipinski definition) is 1. The second-order valence-corrected chi connectivity index (χ2v) is 6.27. The highest BCUT2D eigenvalue weighted by molar-refractivity contribution is 5.31. The molecule has 0 aromatic heterocycles. The Bertz CT molecular complexity index is 402. The topological polar surface area (TPSA) is 38.5 Å². The molecule has 0 aliphatic heterocycles. The number of nitrogens with two attached hydrogens (primary N) is 1. The van der Waals surface area contributed by atoms with Gasteiger partial charge in [-0.05, 0) is 50.0 Å². The van der Waals surface area contributed by atoms with Crippen molar-refractivity contribution in [2.45, 2.75) is 65.3 Å². The number of rotatable bonds is 13. The highest BCUT2D eigenvalue weighted by atomic mass is 16.5. The van der Waals surface area contributed by atoms with E-state index in [1.54, 1.807) is 0 Å². The van der Waals surface area contributed by atoms with Gasteiger partial charge in [0.1, 0.15) is 5.75 Å². The zero-order valence-electron chi connectivity index (χ0n) is 15.4. The minimum atomic E-state index is 0.290. The molecule has 0 radical (unpaired) electrons. The molecule has 1 atom stereocenters. The molecule has 0 heterocycles. The fraction of sp³-hybridized carbons (Fsp3) is 0.700. The van der Waals surface area contributed by atoms with Crippen molar-refractivity contribution in [3.8, 4) is 5.75 Å². The van der Waals surface area contributed by atoms with Gasteiger partial charge in [-0.25, -0.2) is 0 Å². The van der Waals surface area contributed by atoms with Crippen molar-refractivity contribution in [1.29, 1.82) is 0 Å². The normalized spacial score (nSPS) is 12.6. The molecule has 1 unspecified atom stereocenters. The van der Waals surface area contributed by atoms with Crippen LogP contribution in [0.5, 0.6) is 5.75 Å². The average Bonchev–Trinajstić information content (AvgIpc) is 2.56. The molecule has 0 spiro atoms. The zero-order valence-corrected chi connectivity index (χ0v) is 15.4. The van der Waals surface area contributed by atoms with Crippen LogP contribution in [0.4, 0.5) is 0 Å². The molecule has 0 aliphatic carbocycles. The van der Waals surface area contributed by atoms with Gasteiger partial charge in [0, 0.05) is 12.6 Å². The van der Waals surface area contributed by atoms with Crippen molar-refractivity contribution in [2.24, 2.45) is 5.73 Å². The summed E-state index contributed by atoms with van der Waals surface area (Å²) in [6.07, 6.45) is 7.26. The van der Waals surface area contributed by atoms with Crippen LogP contribution in [0.3, 0.4) is 0 Å². The van der Waals surface area contributed by atoms with Crippen molar-refractivity contribution >= 4 is 0 Å². The molecule has 0 amide bonds. The van der Waals surface area contributed by atoms with Gasteiger partial charge in [-0.15, -0.1) is 0 Å². The smallest absolute Gasteiger partial charge is 0.119 e. The van der Waals surface area contributed by atoms with Crippen LogP contribution in [0.25, 0.3) is 0 Å². The van der Waals surface area contributed by atoms with Crippen LogP contribution in [-0.4, -0.2) is 31.1 Å². The first kappa shape index (κ1) is 20.0. The van der Waals surface area contributed by atoms with Crippen LogP contribution in [0, 0.1) is 0 Å². The summed E-state index contributed by atoms with van der Waals surface area (Å²) >= 11 is 0. The highest BCUT2D eigenvalue weighted by Crippen LogP contribution is 2.24. The largest absolute Gasteiger partial charge is 0.494 e. The predicted octanol–water partition coefficient (Wildman–Crippen LogP) is 4.77. The van der Waals surface area contributed by atoms with E-state index in [0.29, 0.717) is 12.6 Å². The summed E-state index contributed by atoms with van der Waals surface area (Å²) in [5.41, 5.74) is 7.37. The standard InChI is InChI=1S/C20H36N2O/c1-4-7-8-9-15-23-19-12-10-11-18(16-19)20(17-21)22(13-5-2)14-6-3/h10-12,16,20H,4-9,13-15,17,21H2,1-3H3.